The lowest BCUT2D eigenvalue weighted by Gasteiger charge is -2.24. The Morgan fingerprint density at radius 3 is 2.84 bits per heavy atom. The summed E-state index contributed by atoms with van der Waals surface area (Å²) in [5.41, 5.74) is 7.56. The molecule has 1 aliphatic rings. The topological polar surface area (TPSA) is 119 Å². The minimum atomic E-state index is -0.545. The van der Waals surface area contributed by atoms with Crippen molar-refractivity contribution in [2.45, 2.75) is 25.4 Å². The van der Waals surface area contributed by atoms with E-state index in [-0.39, 0.29) is 18.4 Å². The van der Waals surface area contributed by atoms with Gasteiger partial charge in [-0.2, -0.15) is 0 Å². The second-order valence-electron chi connectivity index (χ2n) is 7.64. The van der Waals surface area contributed by atoms with Crippen LogP contribution in [0.15, 0.2) is 53.4 Å². The summed E-state index contributed by atoms with van der Waals surface area (Å²) in [6, 6.07) is 12.4. The number of aromatic nitrogens is 4. The van der Waals surface area contributed by atoms with Gasteiger partial charge in [-0.3, -0.25) is 9.59 Å². The van der Waals surface area contributed by atoms with Gasteiger partial charge in [0.05, 0.1) is 10.9 Å². The summed E-state index contributed by atoms with van der Waals surface area (Å²) >= 11 is 3.30. The van der Waals surface area contributed by atoms with Crippen molar-refractivity contribution in [1.82, 2.24) is 24.4 Å². The molecule has 5 rings (SSSR count). The van der Waals surface area contributed by atoms with Crippen LogP contribution in [-0.2, 0) is 16.1 Å². The number of nitrogens with zero attached hydrogens (tertiary/aromatic N) is 5. The molecule has 32 heavy (non-hydrogen) atoms. The molecule has 9 nitrogen and oxygen atoms in total. The first-order valence-corrected chi connectivity index (χ1v) is 11.0. The number of carbonyl (C=O) groups is 2. The molecular weight excluding hydrogens is 474 g/mol. The zero-order valence-corrected chi connectivity index (χ0v) is 18.6. The van der Waals surface area contributed by atoms with Crippen molar-refractivity contribution in [3.05, 3.63) is 53.4 Å². The van der Waals surface area contributed by atoms with E-state index in [1.807, 2.05) is 28.8 Å². The van der Waals surface area contributed by atoms with Gasteiger partial charge in [0, 0.05) is 11.9 Å². The van der Waals surface area contributed by atoms with Gasteiger partial charge in [0.2, 0.25) is 11.8 Å². The van der Waals surface area contributed by atoms with E-state index in [2.05, 4.69) is 36.2 Å². The van der Waals surface area contributed by atoms with Gasteiger partial charge in [-0.05, 0) is 47.0 Å². The standard InChI is InChI=1S/C22H20BrN7O2/c23-16-8-3-9-17(27-16)28-22(32)15-7-4-10-29(15)18(31)11-30-14-6-2-1-5-13(14)19-20(24)25-12-26-21(19)30/h1-3,5-6,8-9,12,15H,4,7,10-11H2,(H2,24,25,26)(H,27,28,32). The molecule has 162 valence electrons. The highest BCUT2D eigenvalue weighted by Crippen LogP contribution is 2.31. The Kier molecular flexibility index (Phi) is 5.22. The molecule has 2 amide bonds. The predicted molar refractivity (Wildman–Crippen MR) is 125 cm³/mol. The van der Waals surface area contributed by atoms with Gasteiger partial charge in [-0.25, -0.2) is 15.0 Å². The third kappa shape index (κ3) is 3.56. The van der Waals surface area contributed by atoms with Gasteiger partial charge in [0.25, 0.3) is 0 Å². The molecule has 3 aromatic heterocycles. The number of amides is 2. The molecule has 1 aliphatic heterocycles. The van der Waals surface area contributed by atoms with E-state index in [0.29, 0.717) is 34.9 Å². The summed E-state index contributed by atoms with van der Waals surface area (Å²) in [5, 5.41) is 4.44. The summed E-state index contributed by atoms with van der Waals surface area (Å²) in [6.45, 7) is 0.580. The number of hydrogen-bond donors (Lipinski definition) is 2. The summed E-state index contributed by atoms with van der Waals surface area (Å²) in [4.78, 5) is 40.6. The molecule has 4 heterocycles. The normalized spacial score (nSPS) is 16.0. The highest BCUT2D eigenvalue weighted by atomic mass is 79.9. The Morgan fingerprint density at radius 2 is 2.00 bits per heavy atom. The maximum Gasteiger partial charge on any atom is 0.248 e. The Balaban J connectivity index is 1.42. The van der Waals surface area contributed by atoms with Gasteiger partial charge in [-0.15, -0.1) is 0 Å². The molecule has 1 atom stereocenters. The van der Waals surface area contributed by atoms with Crippen LogP contribution in [0.4, 0.5) is 11.6 Å². The highest BCUT2D eigenvalue weighted by molar-refractivity contribution is 9.10. The first-order chi connectivity index (χ1) is 15.5. The largest absolute Gasteiger partial charge is 0.383 e. The maximum atomic E-state index is 13.3. The lowest BCUT2D eigenvalue weighted by molar-refractivity contribution is -0.137. The van der Waals surface area contributed by atoms with E-state index < -0.39 is 6.04 Å². The molecule has 10 heteroatoms. The molecule has 3 N–H and O–H groups in total. The Labute approximate surface area is 191 Å². The number of para-hydroxylation sites is 1. The molecule has 0 bridgehead atoms. The SMILES string of the molecule is Nc1ncnc2c1c1ccccc1n2CC(=O)N1CCCC1C(=O)Nc1cccc(Br)n1. The van der Waals surface area contributed by atoms with Crippen molar-refractivity contribution >= 4 is 61.3 Å². The molecule has 1 saturated heterocycles. The van der Waals surface area contributed by atoms with Crippen LogP contribution < -0.4 is 11.1 Å². The van der Waals surface area contributed by atoms with Crippen LogP contribution in [0, 0.1) is 0 Å². The predicted octanol–water partition coefficient (Wildman–Crippen LogP) is 2.95. The van der Waals surface area contributed by atoms with Crippen molar-refractivity contribution in [3.63, 3.8) is 0 Å². The summed E-state index contributed by atoms with van der Waals surface area (Å²) in [5.74, 6) is 0.426. The number of nitrogens with one attached hydrogen (secondary N) is 1. The third-order valence-corrected chi connectivity index (χ3v) is 6.15. The zero-order valence-electron chi connectivity index (χ0n) is 17.0. The zero-order chi connectivity index (χ0) is 22.2. The molecule has 1 fully saturated rings. The molecular formula is C22H20BrN7O2. The number of rotatable bonds is 4. The van der Waals surface area contributed by atoms with Gasteiger partial charge < -0.3 is 20.5 Å². The number of halogens is 1. The van der Waals surface area contributed by atoms with E-state index in [0.717, 1.165) is 22.7 Å². The second kappa shape index (κ2) is 8.19. The second-order valence-corrected chi connectivity index (χ2v) is 8.45. The van der Waals surface area contributed by atoms with E-state index in [4.69, 9.17) is 5.73 Å². The van der Waals surface area contributed by atoms with Gasteiger partial charge in [0.15, 0.2) is 0 Å². The van der Waals surface area contributed by atoms with Crippen LogP contribution in [0.2, 0.25) is 0 Å². The van der Waals surface area contributed by atoms with Crippen molar-refractivity contribution < 1.29 is 9.59 Å². The number of hydrogen-bond acceptors (Lipinski definition) is 6. The van der Waals surface area contributed by atoms with Crippen molar-refractivity contribution in [3.8, 4) is 0 Å². The van der Waals surface area contributed by atoms with E-state index >= 15 is 0 Å². The molecule has 1 unspecified atom stereocenters. The van der Waals surface area contributed by atoms with Crippen LogP contribution in [0.1, 0.15) is 12.8 Å². The number of anilines is 2. The van der Waals surface area contributed by atoms with E-state index in [9.17, 15) is 9.59 Å². The fraction of sp³-hybridized carbons (Fsp3) is 0.227. The number of benzene rings is 1. The average Bonchev–Trinajstić information content (AvgIpc) is 3.39. The molecule has 1 aromatic carbocycles. The number of likely N-dealkylation sites (tertiary alicyclic amines) is 1. The number of nitrogens with two attached hydrogens (primary N) is 1. The minimum Gasteiger partial charge on any atom is -0.383 e. The average molecular weight is 494 g/mol. The quantitative estimate of drug-likeness (QED) is 0.421. The molecule has 0 radical (unpaired) electrons. The van der Waals surface area contributed by atoms with Gasteiger partial charge >= 0.3 is 0 Å². The number of pyridine rings is 1. The van der Waals surface area contributed by atoms with Crippen LogP contribution in [-0.4, -0.2) is 48.8 Å². The Hall–Kier alpha value is -3.53. The lowest BCUT2D eigenvalue weighted by atomic mass is 10.2. The smallest absolute Gasteiger partial charge is 0.248 e. The van der Waals surface area contributed by atoms with Crippen LogP contribution in [0.3, 0.4) is 0 Å². The van der Waals surface area contributed by atoms with Gasteiger partial charge in [-0.1, -0.05) is 24.3 Å². The van der Waals surface area contributed by atoms with Gasteiger partial charge in [0.1, 0.15) is 40.8 Å². The van der Waals surface area contributed by atoms with E-state index in [1.54, 1.807) is 23.1 Å². The lowest BCUT2D eigenvalue weighted by Crippen LogP contribution is -2.44. The van der Waals surface area contributed by atoms with Crippen LogP contribution in [0.25, 0.3) is 21.9 Å². The Bertz CT molecular complexity index is 1350. The van der Waals surface area contributed by atoms with Crippen molar-refractivity contribution in [2.24, 2.45) is 0 Å². The van der Waals surface area contributed by atoms with Crippen LogP contribution in [0.5, 0.6) is 0 Å². The van der Waals surface area contributed by atoms with Crippen molar-refractivity contribution in [2.75, 3.05) is 17.6 Å². The first-order valence-electron chi connectivity index (χ1n) is 10.2. The fourth-order valence-electron chi connectivity index (χ4n) is 4.30. The van der Waals surface area contributed by atoms with E-state index in [1.165, 1.54) is 6.33 Å². The minimum absolute atomic E-state index is 0.0549. The summed E-state index contributed by atoms with van der Waals surface area (Å²) < 4.78 is 2.47. The molecule has 0 saturated carbocycles. The van der Waals surface area contributed by atoms with Crippen molar-refractivity contribution in [1.29, 1.82) is 0 Å². The highest BCUT2D eigenvalue weighted by Gasteiger charge is 2.34. The number of carbonyl (C=O) groups excluding carboxylic acids is 2. The molecule has 4 aromatic rings. The number of fused-ring (bicyclic) bond motifs is 3. The third-order valence-electron chi connectivity index (χ3n) is 5.71. The Morgan fingerprint density at radius 1 is 1.16 bits per heavy atom. The maximum absolute atomic E-state index is 13.3. The summed E-state index contributed by atoms with van der Waals surface area (Å²) in [6.07, 6.45) is 2.76. The molecule has 0 spiro atoms. The fourth-order valence-corrected chi connectivity index (χ4v) is 4.64. The monoisotopic (exact) mass is 493 g/mol. The summed E-state index contributed by atoms with van der Waals surface area (Å²) in [7, 11) is 0. The first kappa shape index (κ1) is 20.4. The van der Waals surface area contributed by atoms with Crippen LogP contribution >= 0.6 is 15.9 Å². The molecule has 0 aliphatic carbocycles. The number of nitrogen functional groups attached to an aromatic ring is 1.